The van der Waals surface area contributed by atoms with Crippen LogP contribution in [0.1, 0.15) is 29.9 Å². The van der Waals surface area contributed by atoms with Crippen molar-refractivity contribution in [3.63, 3.8) is 0 Å². The summed E-state index contributed by atoms with van der Waals surface area (Å²) in [5.74, 6) is -5.88. The molecule has 1 aromatic carbocycles. The molecule has 0 unspecified atom stereocenters. The van der Waals surface area contributed by atoms with Gasteiger partial charge in [-0.3, -0.25) is 14.5 Å². The fourth-order valence-corrected chi connectivity index (χ4v) is 4.49. The molecule has 174 valence electrons. The van der Waals surface area contributed by atoms with E-state index in [9.17, 15) is 22.0 Å². The van der Waals surface area contributed by atoms with Crippen LogP contribution in [-0.4, -0.2) is 42.3 Å². The SMILES string of the molecule is CC(=N)N(C)S(=O)(=O)C[C@](C)(N)c1c(F)ccc(NC(=O)c2ncc(OI)cc2F)c1F. The second kappa shape index (κ2) is 9.58. The first kappa shape index (κ1) is 25.8. The van der Waals surface area contributed by atoms with E-state index < -0.39 is 61.6 Å². The molecule has 0 spiro atoms. The monoisotopic (exact) mass is 585 g/mol. The van der Waals surface area contributed by atoms with Gasteiger partial charge in [-0.15, -0.1) is 0 Å². The Morgan fingerprint density at radius 1 is 1.34 bits per heavy atom. The van der Waals surface area contributed by atoms with Gasteiger partial charge in [-0.1, -0.05) is 0 Å². The summed E-state index contributed by atoms with van der Waals surface area (Å²) in [4.78, 5) is 16.0. The summed E-state index contributed by atoms with van der Waals surface area (Å²) in [5, 5.41) is 9.53. The number of benzene rings is 1. The van der Waals surface area contributed by atoms with Crippen LogP contribution in [0.4, 0.5) is 18.9 Å². The molecule has 2 aromatic rings. The highest BCUT2D eigenvalue weighted by molar-refractivity contribution is 14.1. The summed E-state index contributed by atoms with van der Waals surface area (Å²) in [6, 6.07) is 2.56. The number of aromatic nitrogens is 1. The quantitative estimate of drug-likeness (QED) is 0.260. The second-order valence-electron chi connectivity index (χ2n) is 7.04. The van der Waals surface area contributed by atoms with Crippen LogP contribution < -0.4 is 14.1 Å². The number of nitrogens with one attached hydrogen (secondary N) is 2. The molecule has 0 bridgehead atoms. The maximum Gasteiger partial charge on any atom is 0.277 e. The first-order valence-electron chi connectivity index (χ1n) is 8.76. The Hall–Kier alpha value is -2.46. The van der Waals surface area contributed by atoms with E-state index in [1.807, 2.05) is 0 Å². The van der Waals surface area contributed by atoms with Gasteiger partial charge in [0.2, 0.25) is 10.0 Å². The summed E-state index contributed by atoms with van der Waals surface area (Å²) in [6.07, 6.45) is 1.07. The zero-order valence-corrected chi connectivity index (χ0v) is 20.0. The number of hydrogen-bond acceptors (Lipinski definition) is 7. The summed E-state index contributed by atoms with van der Waals surface area (Å²) in [7, 11) is -3.09. The summed E-state index contributed by atoms with van der Waals surface area (Å²) in [5.41, 5.74) is 1.85. The number of nitrogens with two attached hydrogens (primary N) is 1. The standard InChI is InChI=1S/C18H19F3IN5O4S/c1-9(23)27(3)32(29,30)8-18(2,24)14-11(19)4-5-13(15(14)21)26-17(28)16-12(20)6-10(31-22)7-25-16/h4-7,23H,8,24H2,1-3H3,(H,26,28)/t18-/m0/s1. The Kier molecular flexibility index (Phi) is 7.72. The van der Waals surface area contributed by atoms with E-state index >= 15 is 4.39 Å². The maximum absolute atomic E-state index is 15.1. The molecule has 0 saturated heterocycles. The Morgan fingerprint density at radius 2 is 1.97 bits per heavy atom. The minimum Gasteiger partial charge on any atom is -0.426 e. The van der Waals surface area contributed by atoms with Gasteiger partial charge in [0.1, 0.15) is 11.7 Å². The third kappa shape index (κ3) is 5.47. The molecule has 0 fully saturated rings. The molecule has 1 heterocycles. The number of pyridine rings is 1. The number of anilines is 1. The highest BCUT2D eigenvalue weighted by atomic mass is 127. The first-order chi connectivity index (χ1) is 14.7. The summed E-state index contributed by atoms with van der Waals surface area (Å²) < 4.78 is 74.0. The van der Waals surface area contributed by atoms with E-state index in [1.54, 1.807) is 0 Å². The lowest BCUT2D eigenvalue weighted by Crippen LogP contribution is -2.46. The van der Waals surface area contributed by atoms with Crippen LogP contribution in [0.5, 0.6) is 5.75 Å². The van der Waals surface area contributed by atoms with Crippen molar-refractivity contribution in [2.24, 2.45) is 5.73 Å². The number of nitrogens with zero attached hydrogens (tertiary/aromatic N) is 2. The predicted molar refractivity (Wildman–Crippen MR) is 120 cm³/mol. The van der Waals surface area contributed by atoms with Gasteiger partial charge in [0.05, 0.1) is 23.2 Å². The minimum atomic E-state index is -4.20. The van der Waals surface area contributed by atoms with Gasteiger partial charge in [-0.05, 0) is 26.0 Å². The smallest absolute Gasteiger partial charge is 0.277 e. The van der Waals surface area contributed by atoms with Crippen LogP contribution in [0.15, 0.2) is 24.4 Å². The molecular formula is C18H19F3IN5O4S. The van der Waals surface area contributed by atoms with Crippen molar-refractivity contribution in [2.75, 3.05) is 18.1 Å². The maximum atomic E-state index is 15.1. The van der Waals surface area contributed by atoms with Crippen LogP contribution in [-0.2, 0) is 15.6 Å². The fraction of sp³-hybridized carbons (Fsp3) is 0.278. The van der Waals surface area contributed by atoms with Crippen molar-refractivity contribution in [1.29, 1.82) is 5.41 Å². The third-order valence-corrected chi connectivity index (χ3v) is 6.98. The Morgan fingerprint density at radius 3 is 2.50 bits per heavy atom. The Labute approximate surface area is 196 Å². The van der Waals surface area contributed by atoms with Crippen molar-refractivity contribution >= 4 is 50.5 Å². The van der Waals surface area contributed by atoms with Crippen molar-refractivity contribution in [2.45, 2.75) is 19.4 Å². The molecule has 2 rings (SSSR count). The van der Waals surface area contributed by atoms with Gasteiger partial charge in [0.15, 0.2) is 46.1 Å². The van der Waals surface area contributed by atoms with E-state index in [1.165, 1.54) is 29.9 Å². The molecule has 1 aromatic heterocycles. The molecule has 4 N–H and O–H groups in total. The average Bonchev–Trinajstić information content (AvgIpc) is 2.68. The van der Waals surface area contributed by atoms with Gasteiger partial charge in [-0.25, -0.2) is 26.6 Å². The number of rotatable bonds is 7. The van der Waals surface area contributed by atoms with Crippen LogP contribution in [0.2, 0.25) is 0 Å². The van der Waals surface area contributed by atoms with E-state index in [4.69, 9.17) is 14.2 Å². The number of sulfonamides is 1. The normalized spacial score (nSPS) is 13.2. The molecule has 32 heavy (non-hydrogen) atoms. The molecule has 0 saturated carbocycles. The summed E-state index contributed by atoms with van der Waals surface area (Å²) in [6.45, 7) is 2.31. The van der Waals surface area contributed by atoms with E-state index in [0.29, 0.717) is 4.31 Å². The summed E-state index contributed by atoms with van der Waals surface area (Å²) >= 11 is 1.49. The van der Waals surface area contributed by atoms with Gasteiger partial charge >= 0.3 is 0 Å². The molecule has 0 aliphatic carbocycles. The molecule has 1 amide bonds. The average molecular weight is 585 g/mol. The third-order valence-electron chi connectivity index (χ3n) is 4.40. The molecule has 1 atom stereocenters. The van der Waals surface area contributed by atoms with Crippen LogP contribution in [0.25, 0.3) is 0 Å². The number of amidine groups is 1. The zero-order chi connectivity index (χ0) is 24.4. The highest BCUT2D eigenvalue weighted by Gasteiger charge is 2.37. The Balaban J connectivity index is 2.42. The van der Waals surface area contributed by atoms with Gasteiger partial charge in [0.25, 0.3) is 5.91 Å². The Bertz CT molecular complexity index is 1180. The number of amides is 1. The first-order valence-corrected chi connectivity index (χ1v) is 11.2. The van der Waals surface area contributed by atoms with Crippen LogP contribution in [0, 0.1) is 22.9 Å². The van der Waals surface area contributed by atoms with Crippen LogP contribution in [0.3, 0.4) is 0 Å². The molecule has 0 aliphatic heterocycles. The number of carbonyl (C=O) groups excluding carboxylic acids is 1. The lowest BCUT2D eigenvalue weighted by atomic mass is 9.93. The lowest BCUT2D eigenvalue weighted by Gasteiger charge is -2.29. The largest absolute Gasteiger partial charge is 0.426 e. The molecule has 0 aliphatic rings. The highest BCUT2D eigenvalue weighted by Crippen LogP contribution is 2.31. The molecule has 0 radical (unpaired) electrons. The topological polar surface area (TPSA) is 138 Å². The van der Waals surface area contributed by atoms with E-state index in [0.717, 1.165) is 38.4 Å². The van der Waals surface area contributed by atoms with Gasteiger partial charge in [-0.2, -0.15) is 0 Å². The zero-order valence-electron chi connectivity index (χ0n) is 17.0. The van der Waals surface area contributed by atoms with Gasteiger partial charge in [0, 0.05) is 18.7 Å². The fourth-order valence-electron chi connectivity index (χ4n) is 2.74. The van der Waals surface area contributed by atoms with E-state index in [-0.39, 0.29) is 11.6 Å². The molecule has 9 nitrogen and oxygen atoms in total. The van der Waals surface area contributed by atoms with Crippen LogP contribution >= 0.6 is 23.0 Å². The lowest BCUT2D eigenvalue weighted by molar-refractivity contribution is 0.101. The van der Waals surface area contributed by atoms with Crippen molar-refractivity contribution in [1.82, 2.24) is 9.29 Å². The van der Waals surface area contributed by atoms with Crippen molar-refractivity contribution in [3.05, 3.63) is 53.1 Å². The minimum absolute atomic E-state index is 0.0418. The molecule has 14 heteroatoms. The second-order valence-corrected chi connectivity index (χ2v) is 9.48. The predicted octanol–water partition coefficient (Wildman–Crippen LogP) is 2.91. The molecular weight excluding hydrogens is 566 g/mol. The van der Waals surface area contributed by atoms with E-state index in [2.05, 4.69) is 10.3 Å². The number of halogens is 4. The number of carbonyl (C=O) groups is 1. The van der Waals surface area contributed by atoms with Crippen molar-refractivity contribution < 1.29 is 29.4 Å². The number of hydrogen-bond donors (Lipinski definition) is 3. The van der Waals surface area contributed by atoms with Crippen molar-refractivity contribution in [3.8, 4) is 5.75 Å². The van der Waals surface area contributed by atoms with Gasteiger partial charge < -0.3 is 14.1 Å².